The van der Waals surface area contributed by atoms with E-state index in [1.807, 2.05) is 0 Å². The number of rotatable bonds is 10. The number of halogens is 1. The summed E-state index contributed by atoms with van der Waals surface area (Å²) in [5.74, 6) is -0.00603. The first-order valence-corrected chi connectivity index (χ1v) is 7.48. The fraction of sp³-hybridized carbons (Fsp3) is 0.562. The number of Topliss-reactive ketones (excluding diaryl/α,β-unsaturated/α-hetero) is 1. The van der Waals surface area contributed by atoms with Crippen molar-refractivity contribution >= 4 is 17.4 Å². The average molecular weight is 283 g/mol. The highest BCUT2D eigenvalue weighted by molar-refractivity contribution is 6.31. The van der Waals surface area contributed by atoms with Gasteiger partial charge >= 0.3 is 0 Å². The molecule has 0 radical (unpaired) electrons. The summed E-state index contributed by atoms with van der Waals surface area (Å²) in [4.78, 5) is 11.8. The van der Waals surface area contributed by atoms with Crippen molar-refractivity contribution in [1.82, 2.24) is 0 Å². The number of ether oxygens (including phenoxy) is 1. The Balaban J connectivity index is 2.08. The Hall–Kier alpha value is -0.860. The Labute approximate surface area is 121 Å². The van der Waals surface area contributed by atoms with Gasteiger partial charge in [0.2, 0.25) is 0 Å². The number of carbonyl (C=O) groups excluding carboxylic acids is 1. The van der Waals surface area contributed by atoms with Crippen LogP contribution in [0.25, 0.3) is 0 Å². The molecule has 0 amide bonds. The quantitative estimate of drug-likeness (QED) is 0.451. The van der Waals surface area contributed by atoms with Crippen molar-refractivity contribution in [2.45, 2.75) is 45.4 Å². The molecule has 3 heteroatoms. The van der Waals surface area contributed by atoms with Gasteiger partial charge < -0.3 is 4.74 Å². The van der Waals surface area contributed by atoms with E-state index in [1.54, 1.807) is 24.3 Å². The van der Waals surface area contributed by atoms with E-state index >= 15 is 0 Å². The second-order valence-electron chi connectivity index (χ2n) is 4.75. The minimum absolute atomic E-state index is 0.00603. The summed E-state index contributed by atoms with van der Waals surface area (Å²) in [6.07, 6.45) is 7.37. The van der Waals surface area contributed by atoms with Crippen LogP contribution in [0, 0.1) is 0 Å². The van der Waals surface area contributed by atoms with Gasteiger partial charge in [-0.05, 0) is 18.6 Å². The average Bonchev–Trinajstić information content (AvgIpc) is 2.41. The Morgan fingerprint density at radius 2 is 1.89 bits per heavy atom. The maximum atomic E-state index is 11.8. The van der Waals surface area contributed by atoms with Crippen molar-refractivity contribution in [1.29, 1.82) is 0 Å². The van der Waals surface area contributed by atoms with E-state index in [0.29, 0.717) is 17.2 Å². The first kappa shape index (κ1) is 16.2. The zero-order chi connectivity index (χ0) is 13.9. The zero-order valence-corrected chi connectivity index (χ0v) is 12.4. The van der Waals surface area contributed by atoms with Crippen LogP contribution in [-0.4, -0.2) is 19.0 Å². The number of benzene rings is 1. The topological polar surface area (TPSA) is 26.3 Å². The third-order valence-corrected chi connectivity index (χ3v) is 3.26. The van der Waals surface area contributed by atoms with E-state index in [0.717, 1.165) is 6.42 Å². The molecular formula is C16H23ClO2. The molecule has 0 fully saturated rings. The first-order valence-electron chi connectivity index (χ1n) is 7.10. The van der Waals surface area contributed by atoms with Crippen LogP contribution < -0.4 is 0 Å². The molecule has 0 saturated carbocycles. The molecule has 0 aliphatic heterocycles. The highest BCUT2D eigenvalue weighted by Gasteiger charge is 2.05. The lowest BCUT2D eigenvalue weighted by molar-refractivity contribution is 0.0752. The van der Waals surface area contributed by atoms with Crippen molar-refractivity contribution in [3.63, 3.8) is 0 Å². The third-order valence-electron chi connectivity index (χ3n) is 3.02. The Kier molecular flexibility index (Phi) is 8.52. The molecule has 0 N–H and O–H groups in total. The molecule has 19 heavy (non-hydrogen) atoms. The summed E-state index contributed by atoms with van der Waals surface area (Å²) in [5.41, 5.74) is 0.621. The van der Waals surface area contributed by atoms with Gasteiger partial charge in [0.25, 0.3) is 0 Å². The molecule has 0 heterocycles. The monoisotopic (exact) mass is 282 g/mol. The molecule has 0 aromatic heterocycles. The smallest absolute Gasteiger partial charge is 0.188 e. The predicted octanol–water partition coefficient (Wildman–Crippen LogP) is 4.90. The lowest BCUT2D eigenvalue weighted by atomic mass is 10.1. The first-order chi connectivity index (χ1) is 9.24. The lowest BCUT2D eigenvalue weighted by Gasteiger charge is -2.04. The minimum atomic E-state index is -0.00603. The van der Waals surface area contributed by atoms with Crippen molar-refractivity contribution in [3.8, 4) is 0 Å². The van der Waals surface area contributed by atoms with E-state index < -0.39 is 0 Å². The fourth-order valence-corrected chi connectivity index (χ4v) is 2.08. The van der Waals surface area contributed by atoms with Crippen LogP contribution in [0.3, 0.4) is 0 Å². The lowest BCUT2D eigenvalue weighted by Crippen LogP contribution is -2.09. The summed E-state index contributed by atoms with van der Waals surface area (Å²) in [6.45, 7) is 3.03. The molecule has 0 aliphatic rings. The SMILES string of the molecule is CCCCCCCCOCC(=O)c1cccc(Cl)c1. The van der Waals surface area contributed by atoms with Crippen LogP contribution in [0.1, 0.15) is 55.8 Å². The molecule has 1 aromatic carbocycles. The van der Waals surface area contributed by atoms with E-state index in [-0.39, 0.29) is 12.4 Å². The molecule has 106 valence electrons. The molecule has 0 atom stereocenters. The van der Waals surface area contributed by atoms with Crippen LogP contribution in [0.2, 0.25) is 5.02 Å². The maximum absolute atomic E-state index is 11.8. The second kappa shape index (κ2) is 9.99. The van der Waals surface area contributed by atoms with Crippen molar-refractivity contribution in [3.05, 3.63) is 34.9 Å². The van der Waals surface area contributed by atoms with Gasteiger partial charge in [0.1, 0.15) is 6.61 Å². The van der Waals surface area contributed by atoms with Gasteiger partial charge in [0.15, 0.2) is 5.78 Å². The second-order valence-corrected chi connectivity index (χ2v) is 5.19. The Morgan fingerprint density at radius 1 is 1.16 bits per heavy atom. The number of hydrogen-bond donors (Lipinski definition) is 0. The minimum Gasteiger partial charge on any atom is -0.373 e. The van der Waals surface area contributed by atoms with Crippen LogP contribution in [0.4, 0.5) is 0 Å². The molecule has 0 saturated heterocycles. The van der Waals surface area contributed by atoms with E-state index in [1.165, 1.54) is 32.1 Å². The Bertz CT molecular complexity index is 377. The summed E-state index contributed by atoms with van der Waals surface area (Å²) in [7, 11) is 0. The molecule has 0 aliphatic carbocycles. The molecular weight excluding hydrogens is 260 g/mol. The third kappa shape index (κ3) is 7.34. The number of ketones is 1. The van der Waals surface area contributed by atoms with Crippen molar-refractivity contribution in [2.75, 3.05) is 13.2 Å². The van der Waals surface area contributed by atoms with Gasteiger partial charge in [0.05, 0.1) is 0 Å². The summed E-state index contributed by atoms with van der Waals surface area (Å²) >= 11 is 5.84. The predicted molar refractivity (Wildman–Crippen MR) is 80.0 cm³/mol. The molecule has 1 rings (SSSR count). The normalized spacial score (nSPS) is 10.6. The molecule has 2 nitrogen and oxygen atoms in total. The summed E-state index contributed by atoms with van der Waals surface area (Å²) in [5, 5.41) is 0.585. The largest absolute Gasteiger partial charge is 0.373 e. The van der Waals surface area contributed by atoms with Gasteiger partial charge in [0, 0.05) is 17.2 Å². The fourth-order valence-electron chi connectivity index (χ4n) is 1.89. The van der Waals surface area contributed by atoms with Gasteiger partial charge in [-0.1, -0.05) is 62.8 Å². The molecule has 1 aromatic rings. The number of hydrogen-bond acceptors (Lipinski definition) is 2. The van der Waals surface area contributed by atoms with Gasteiger partial charge in [-0.15, -0.1) is 0 Å². The summed E-state index contributed by atoms with van der Waals surface area (Å²) in [6, 6.07) is 6.99. The van der Waals surface area contributed by atoms with Gasteiger partial charge in [-0.25, -0.2) is 0 Å². The van der Waals surface area contributed by atoms with Crippen LogP contribution in [0.5, 0.6) is 0 Å². The zero-order valence-electron chi connectivity index (χ0n) is 11.7. The van der Waals surface area contributed by atoms with Crippen LogP contribution in [0.15, 0.2) is 24.3 Å². The molecule has 0 unspecified atom stereocenters. The highest BCUT2D eigenvalue weighted by Crippen LogP contribution is 2.11. The molecule has 0 bridgehead atoms. The highest BCUT2D eigenvalue weighted by atomic mass is 35.5. The molecule has 0 spiro atoms. The van der Waals surface area contributed by atoms with E-state index in [9.17, 15) is 4.79 Å². The summed E-state index contributed by atoms with van der Waals surface area (Å²) < 4.78 is 5.40. The standard InChI is InChI=1S/C16H23ClO2/c1-2-3-4-5-6-7-11-19-13-16(18)14-9-8-10-15(17)12-14/h8-10,12H,2-7,11,13H2,1H3. The number of carbonyl (C=O) groups is 1. The van der Waals surface area contributed by atoms with E-state index in [2.05, 4.69) is 6.92 Å². The van der Waals surface area contributed by atoms with Crippen molar-refractivity contribution in [2.24, 2.45) is 0 Å². The van der Waals surface area contributed by atoms with Crippen molar-refractivity contribution < 1.29 is 9.53 Å². The van der Waals surface area contributed by atoms with Gasteiger partial charge in [-0.3, -0.25) is 4.79 Å². The maximum Gasteiger partial charge on any atom is 0.188 e. The van der Waals surface area contributed by atoms with E-state index in [4.69, 9.17) is 16.3 Å². The number of unbranched alkanes of at least 4 members (excludes halogenated alkanes) is 5. The van der Waals surface area contributed by atoms with Crippen LogP contribution >= 0.6 is 11.6 Å². The van der Waals surface area contributed by atoms with Crippen LogP contribution in [-0.2, 0) is 4.74 Å². The van der Waals surface area contributed by atoms with Gasteiger partial charge in [-0.2, -0.15) is 0 Å². The Morgan fingerprint density at radius 3 is 2.63 bits per heavy atom.